The largest absolute Gasteiger partial charge is 0.327 e. The summed E-state index contributed by atoms with van der Waals surface area (Å²) in [6.45, 7) is -0.618. The van der Waals surface area contributed by atoms with E-state index in [-0.39, 0.29) is 11.8 Å². The lowest BCUT2D eigenvalue weighted by Crippen LogP contribution is -2.47. The number of pyridine rings is 1. The smallest absolute Gasteiger partial charge is 0.326 e. The Labute approximate surface area is 154 Å². The Morgan fingerprint density at radius 2 is 2.08 bits per heavy atom. The Balaban J connectivity index is 1.81. The first kappa shape index (κ1) is 16.7. The van der Waals surface area contributed by atoms with E-state index in [0.717, 1.165) is 0 Å². The molecular weight excluding hydrogens is 357 g/mol. The van der Waals surface area contributed by atoms with E-state index in [1.165, 1.54) is 4.90 Å². The normalized spacial score (nSPS) is 19.6. The van der Waals surface area contributed by atoms with Gasteiger partial charge < -0.3 is 5.32 Å². The van der Waals surface area contributed by atoms with Crippen molar-refractivity contribution in [3.63, 3.8) is 0 Å². The molecule has 0 spiro atoms. The van der Waals surface area contributed by atoms with Gasteiger partial charge >= 0.3 is 6.03 Å². The third kappa shape index (κ3) is 2.76. The van der Waals surface area contributed by atoms with E-state index in [2.05, 4.69) is 10.3 Å². The Morgan fingerprint density at radius 1 is 1.23 bits per heavy atom. The third-order valence-corrected chi connectivity index (χ3v) is 4.86. The first-order valence-electron chi connectivity index (χ1n) is 8.21. The quantitative estimate of drug-likeness (QED) is 0.826. The number of anilines is 1. The minimum Gasteiger partial charge on any atom is -0.326 e. The summed E-state index contributed by atoms with van der Waals surface area (Å²) >= 11 is 5.83. The number of alkyl halides is 1. The standard InChI is InChI=1S/C19H15ClFN3O2/c20-16-7-4-12(10-22-16)18-17-14(5-6-15(17)25)24(19(26)23-18)13-3-1-2-11(8-13)9-21/h1-4,7-8,10,18H,5-6,9H2,(H,23,26). The van der Waals surface area contributed by atoms with Crippen LogP contribution < -0.4 is 10.2 Å². The lowest BCUT2D eigenvalue weighted by Gasteiger charge is -2.34. The second-order valence-electron chi connectivity index (χ2n) is 6.22. The van der Waals surface area contributed by atoms with Crippen molar-refractivity contribution in [2.75, 3.05) is 4.90 Å². The highest BCUT2D eigenvalue weighted by Crippen LogP contribution is 2.40. The van der Waals surface area contributed by atoms with Crippen molar-refractivity contribution in [1.29, 1.82) is 0 Å². The average Bonchev–Trinajstić information content (AvgIpc) is 3.03. The number of carbonyl (C=O) groups excluding carboxylic acids is 2. The van der Waals surface area contributed by atoms with Crippen LogP contribution in [0.25, 0.3) is 0 Å². The number of nitrogens with one attached hydrogen (secondary N) is 1. The first-order chi connectivity index (χ1) is 12.6. The predicted octanol–water partition coefficient (Wildman–Crippen LogP) is 4.09. The summed E-state index contributed by atoms with van der Waals surface area (Å²) < 4.78 is 13.0. The number of Topliss-reactive ketones (excluding diaryl/α,β-unsaturated/α-hetero) is 1. The van der Waals surface area contributed by atoms with Gasteiger partial charge in [0, 0.05) is 23.9 Å². The van der Waals surface area contributed by atoms with Crippen LogP contribution in [0, 0.1) is 0 Å². The second-order valence-corrected chi connectivity index (χ2v) is 6.61. The molecule has 1 N–H and O–H groups in total. The van der Waals surface area contributed by atoms with E-state index in [0.29, 0.717) is 46.1 Å². The van der Waals surface area contributed by atoms with Crippen molar-refractivity contribution in [2.45, 2.75) is 25.6 Å². The fourth-order valence-electron chi connectivity index (χ4n) is 3.46. The van der Waals surface area contributed by atoms with Gasteiger partial charge in [-0.1, -0.05) is 29.8 Å². The van der Waals surface area contributed by atoms with Gasteiger partial charge in [-0.2, -0.15) is 0 Å². The molecule has 2 aliphatic rings. The Morgan fingerprint density at radius 3 is 2.81 bits per heavy atom. The number of aromatic nitrogens is 1. The molecule has 132 valence electrons. The molecule has 1 aliphatic carbocycles. The molecule has 1 unspecified atom stereocenters. The molecular formula is C19H15ClFN3O2. The summed E-state index contributed by atoms with van der Waals surface area (Å²) in [5, 5.41) is 3.21. The zero-order valence-corrected chi connectivity index (χ0v) is 14.5. The van der Waals surface area contributed by atoms with Gasteiger partial charge in [0.25, 0.3) is 0 Å². The minimum absolute atomic E-state index is 0.00778. The van der Waals surface area contributed by atoms with Crippen LogP contribution in [-0.4, -0.2) is 16.8 Å². The van der Waals surface area contributed by atoms with Crippen LogP contribution >= 0.6 is 11.6 Å². The van der Waals surface area contributed by atoms with E-state index in [4.69, 9.17) is 11.6 Å². The first-order valence-corrected chi connectivity index (χ1v) is 8.59. The van der Waals surface area contributed by atoms with E-state index in [9.17, 15) is 14.0 Å². The lowest BCUT2D eigenvalue weighted by molar-refractivity contribution is -0.115. The highest BCUT2D eigenvalue weighted by molar-refractivity contribution is 6.29. The van der Waals surface area contributed by atoms with Gasteiger partial charge in [0.1, 0.15) is 11.8 Å². The van der Waals surface area contributed by atoms with Gasteiger partial charge in [0.05, 0.1) is 11.7 Å². The van der Waals surface area contributed by atoms with Crippen molar-refractivity contribution in [3.8, 4) is 0 Å². The monoisotopic (exact) mass is 371 g/mol. The molecule has 2 heterocycles. The van der Waals surface area contributed by atoms with E-state index in [1.54, 1.807) is 42.6 Å². The molecule has 2 amide bonds. The fourth-order valence-corrected chi connectivity index (χ4v) is 3.58. The molecule has 1 atom stereocenters. The molecule has 26 heavy (non-hydrogen) atoms. The molecule has 4 rings (SSSR count). The van der Waals surface area contributed by atoms with Gasteiger partial charge in [0.2, 0.25) is 0 Å². The maximum absolute atomic E-state index is 13.0. The number of hydrogen-bond donors (Lipinski definition) is 1. The van der Waals surface area contributed by atoms with Gasteiger partial charge in [-0.25, -0.2) is 14.2 Å². The van der Waals surface area contributed by atoms with Crippen LogP contribution in [0.15, 0.2) is 53.9 Å². The molecule has 0 saturated heterocycles. The summed E-state index contributed by atoms with van der Waals surface area (Å²) in [6, 6.07) is 9.17. The van der Waals surface area contributed by atoms with Crippen molar-refractivity contribution in [1.82, 2.24) is 10.3 Å². The summed E-state index contributed by atoms with van der Waals surface area (Å²) in [5.74, 6) is -0.00778. The number of benzene rings is 1. The fraction of sp³-hybridized carbons (Fsp3) is 0.211. The summed E-state index contributed by atoms with van der Waals surface area (Å²) in [6.07, 6.45) is 2.37. The third-order valence-electron chi connectivity index (χ3n) is 4.64. The number of rotatable bonds is 3. The van der Waals surface area contributed by atoms with Crippen molar-refractivity contribution >= 4 is 29.1 Å². The number of ketones is 1. The van der Waals surface area contributed by atoms with Gasteiger partial charge in [-0.05, 0) is 35.7 Å². The number of carbonyl (C=O) groups is 2. The number of halogens is 2. The topological polar surface area (TPSA) is 62.3 Å². The highest BCUT2D eigenvalue weighted by atomic mass is 35.5. The van der Waals surface area contributed by atoms with Crippen LogP contribution in [-0.2, 0) is 11.5 Å². The van der Waals surface area contributed by atoms with Crippen LogP contribution in [0.4, 0.5) is 14.9 Å². The molecule has 5 nitrogen and oxygen atoms in total. The molecule has 7 heteroatoms. The van der Waals surface area contributed by atoms with Crippen LogP contribution in [0.3, 0.4) is 0 Å². The molecule has 1 aromatic carbocycles. The molecule has 1 aromatic heterocycles. The van der Waals surface area contributed by atoms with Crippen molar-refractivity contribution < 1.29 is 14.0 Å². The maximum Gasteiger partial charge on any atom is 0.327 e. The average molecular weight is 372 g/mol. The SMILES string of the molecule is O=C1CCC2=C1C(c1ccc(Cl)nc1)NC(=O)N2c1cccc(CF)c1. The molecule has 1 aliphatic heterocycles. The molecule has 0 fully saturated rings. The van der Waals surface area contributed by atoms with Crippen LogP contribution in [0.5, 0.6) is 0 Å². The molecule has 0 bridgehead atoms. The number of hydrogen-bond acceptors (Lipinski definition) is 3. The number of urea groups is 1. The van der Waals surface area contributed by atoms with Crippen molar-refractivity contribution in [3.05, 3.63) is 70.1 Å². The molecule has 2 aromatic rings. The number of nitrogens with zero attached hydrogens (tertiary/aromatic N) is 2. The Bertz CT molecular complexity index is 927. The van der Waals surface area contributed by atoms with E-state index in [1.807, 2.05) is 0 Å². The van der Waals surface area contributed by atoms with E-state index < -0.39 is 12.7 Å². The summed E-state index contributed by atoms with van der Waals surface area (Å²) in [4.78, 5) is 30.9. The molecule has 0 saturated carbocycles. The number of amides is 2. The minimum atomic E-state index is -0.618. The Hall–Kier alpha value is -2.73. The van der Waals surface area contributed by atoms with Crippen LogP contribution in [0.1, 0.15) is 30.0 Å². The van der Waals surface area contributed by atoms with Gasteiger partial charge in [-0.15, -0.1) is 0 Å². The zero-order chi connectivity index (χ0) is 18.3. The molecule has 0 radical (unpaired) electrons. The maximum atomic E-state index is 13.0. The van der Waals surface area contributed by atoms with Gasteiger partial charge in [0.15, 0.2) is 5.78 Å². The predicted molar refractivity (Wildman–Crippen MR) is 95.5 cm³/mol. The summed E-state index contributed by atoms with van der Waals surface area (Å²) in [7, 11) is 0. The Kier molecular flexibility index (Phi) is 4.20. The van der Waals surface area contributed by atoms with Gasteiger partial charge in [-0.3, -0.25) is 9.69 Å². The van der Waals surface area contributed by atoms with E-state index >= 15 is 0 Å². The summed E-state index contributed by atoms with van der Waals surface area (Å²) in [5.41, 5.74) is 2.94. The van der Waals surface area contributed by atoms with Crippen LogP contribution in [0.2, 0.25) is 5.15 Å². The lowest BCUT2D eigenvalue weighted by atomic mass is 9.96. The van der Waals surface area contributed by atoms with Crippen molar-refractivity contribution in [2.24, 2.45) is 0 Å². The zero-order valence-electron chi connectivity index (χ0n) is 13.7. The highest BCUT2D eigenvalue weighted by Gasteiger charge is 2.41. The second kappa shape index (κ2) is 6.53. The number of allylic oxidation sites excluding steroid dienone is 1.